The Balaban J connectivity index is 2.01. The van der Waals surface area contributed by atoms with Gasteiger partial charge in [-0.05, 0) is 12.1 Å². The summed E-state index contributed by atoms with van der Waals surface area (Å²) in [7, 11) is 2.89. The average molecular weight is 282 g/mol. The fourth-order valence-corrected chi connectivity index (χ4v) is 2.09. The molecule has 6 heteroatoms. The normalized spacial score (nSPS) is 29.9. The molecule has 0 spiro atoms. The zero-order valence-corrected chi connectivity index (χ0v) is 11.4. The zero-order chi connectivity index (χ0) is 14.5. The van der Waals surface area contributed by atoms with E-state index in [1.165, 1.54) is 14.2 Å². The van der Waals surface area contributed by atoms with E-state index in [0.29, 0.717) is 5.56 Å². The second-order valence-electron chi connectivity index (χ2n) is 4.44. The third kappa shape index (κ3) is 3.16. The molecule has 1 aliphatic rings. The molecule has 1 fully saturated rings. The standard InChI is InChI=1S/C14H18O6/c1-17-12-11(15)10(8-19-14(12)18-2)20-13(16)9-6-4-3-5-7-9/h3-7,10-12,14-15H,8H2,1-2H3/t10-,11+,12-,14+/m1/s1. The first-order valence-corrected chi connectivity index (χ1v) is 6.28. The van der Waals surface area contributed by atoms with Gasteiger partial charge in [0.2, 0.25) is 0 Å². The number of aliphatic hydroxyl groups excluding tert-OH is 1. The van der Waals surface area contributed by atoms with Crippen LogP contribution in [0.3, 0.4) is 0 Å². The Kier molecular flexibility index (Phi) is 5.08. The van der Waals surface area contributed by atoms with Gasteiger partial charge >= 0.3 is 5.97 Å². The lowest BCUT2D eigenvalue weighted by atomic mass is 10.0. The summed E-state index contributed by atoms with van der Waals surface area (Å²) in [5.74, 6) is -0.510. The molecule has 1 saturated heterocycles. The van der Waals surface area contributed by atoms with Crippen LogP contribution in [0.2, 0.25) is 0 Å². The van der Waals surface area contributed by atoms with Gasteiger partial charge in [0, 0.05) is 14.2 Å². The topological polar surface area (TPSA) is 74.2 Å². The van der Waals surface area contributed by atoms with Gasteiger partial charge in [-0.25, -0.2) is 4.79 Å². The molecule has 6 nitrogen and oxygen atoms in total. The highest BCUT2D eigenvalue weighted by Gasteiger charge is 2.42. The molecular weight excluding hydrogens is 264 g/mol. The molecule has 1 aliphatic heterocycles. The Bertz CT molecular complexity index is 435. The molecular formula is C14H18O6. The minimum Gasteiger partial charge on any atom is -0.453 e. The smallest absolute Gasteiger partial charge is 0.338 e. The van der Waals surface area contributed by atoms with Gasteiger partial charge in [0.1, 0.15) is 12.2 Å². The van der Waals surface area contributed by atoms with E-state index in [1.54, 1.807) is 30.3 Å². The van der Waals surface area contributed by atoms with Crippen LogP contribution >= 0.6 is 0 Å². The van der Waals surface area contributed by atoms with Crippen molar-refractivity contribution in [2.45, 2.75) is 24.6 Å². The van der Waals surface area contributed by atoms with Crippen LogP contribution in [0.25, 0.3) is 0 Å². The Morgan fingerprint density at radius 2 is 1.95 bits per heavy atom. The Hall–Kier alpha value is -1.47. The first kappa shape index (κ1) is 14.9. The molecule has 1 N–H and O–H groups in total. The van der Waals surface area contributed by atoms with Gasteiger partial charge in [-0.3, -0.25) is 0 Å². The fourth-order valence-electron chi connectivity index (χ4n) is 2.09. The van der Waals surface area contributed by atoms with Crippen LogP contribution < -0.4 is 0 Å². The quantitative estimate of drug-likeness (QED) is 0.815. The number of benzene rings is 1. The van der Waals surface area contributed by atoms with Crippen molar-refractivity contribution in [3.63, 3.8) is 0 Å². The first-order valence-electron chi connectivity index (χ1n) is 6.28. The van der Waals surface area contributed by atoms with E-state index in [4.69, 9.17) is 18.9 Å². The second-order valence-corrected chi connectivity index (χ2v) is 4.44. The van der Waals surface area contributed by atoms with Crippen LogP contribution in [0.15, 0.2) is 30.3 Å². The van der Waals surface area contributed by atoms with Crippen molar-refractivity contribution < 1.29 is 28.8 Å². The van der Waals surface area contributed by atoms with E-state index in [1.807, 2.05) is 0 Å². The maximum absolute atomic E-state index is 11.9. The van der Waals surface area contributed by atoms with Crippen LogP contribution in [-0.2, 0) is 18.9 Å². The van der Waals surface area contributed by atoms with Crippen LogP contribution in [0.1, 0.15) is 10.4 Å². The molecule has 0 radical (unpaired) electrons. The van der Waals surface area contributed by atoms with Crippen molar-refractivity contribution >= 4 is 5.97 Å². The maximum Gasteiger partial charge on any atom is 0.338 e. The molecule has 1 aromatic carbocycles. The maximum atomic E-state index is 11.9. The van der Waals surface area contributed by atoms with Crippen molar-refractivity contribution in [1.29, 1.82) is 0 Å². The predicted octanol–water partition coefficient (Wildman–Crippen LogP) is 0.591. The lowest BCUT2D eigenvalue weighted by molar-refractivity contribution is -0.267. The fraction of sp³-hybridized carbons (Fsp3) is 0.500. The summed E-state index contributed by atoms with van der Waals surface area (Å²) in [6.07, 6.45) is -3.19. The SMILES string of the molecule is CO[C@H]1OC[C@@H](OC(=O)c2ccccc2)[C@H](O)[C@H]1OC. The van der Waals surface area contributed by atoms with Crippen molar-refractivity contribution in [1.82, 2.24) is 0 Å². The van der Waals surface area contributed by atoms with E-state index in [0.717, 1.165) is 0 Å². The highest BCUT2D eigenvalue weighted by Crippen LogP contribution is 2.21. The van der Waals surface area contributed by atoms with Crippen molar-refractivity contribution in [2.24, 2.45) is 0 Å². The summed E-state index contributed by atoms with van der Waals surface area (Å²) >= 11 is 0. The van der Waals surface area contributed by atoms with E-state index in [9.17, 15) is 9.90 Å². The van der Waals surface area contributed by atoms with Gasteiger partial charge in [0.05, 0.1) is 12.2 Å². The summed E-state index contributed by atoms with van der Waals surface area (Å²) < 4.78 is 20.8. The molecule has 1 heterocycles. The molecule has 20 heavy (non-hydrogen) atoms. The van der Waals surface area contributed by atoms with Crippen molar-refractivity contribution in [2.75, 3.05) is 20.8 Å². The van der Waals surface area contributed by atoms with Gasteiger partial charge in [0.25, 0.3) is 0 Å². The molecule has 0 aromatic heterocycles. The van der Waals surface area contributed by atoms with E-state index >= 15 is 0 Å². The molecule has 4 atom stereocenters. The summed E-state index contributed by atoms with van der Waals surface area (Å²) in [5, 5.41) is 10.2. The number of carbonyl (C=O) groups excluding carboxylic acids is 1. The molecule has 0 amide bonds. The number of aliphatic hydroxyl groups is 1. The number of rotatable bonds is 4. The highest BCUT2D eigenvalue weighted by molar-refractivity contribution is 5.89. The Labute approximate surface area is 117 Å². The number of ether oxygens (including phenoxy) is 4. The Morgan fingerprint density at radius 3 is 2.55 bits per heavy atom. The molecule has 0 saturated carbocycles. The summed E-state index contributed by atoms with van der Waals surface area (Å²) in [6.45, 7) is 0.0537. The first-order chi connectivity index (χ1) is 9.67. The molecule has 2 rings (SSSR count). The number of hydrogen-bond acceptors (Lipinski definition) is 6. The van der Waals surface area contributed by atoms with Crippen molar-refractivity contribution in [3.8, 4) is 0 Å². The van der Waals surface area contributed by atoms with Crippen LogP contribution in [0, 0.1) is 0 Å². The predicted molar refractivity (Wildman–Crippen MR) is 69.2 cm³/mol. The highest BCUT2D eigenvalue weighted by atomic mass is 16.7. The molecule has 1 aromatic rings. The monoisotopic (exact) mass is 282 g/mol. The average Bonchev–Trinajstić information content (AvgIpc) is 2.49. The summed E-state index contributed by atoms with van der Waals surface area (Å²) in [5.41, 5.74) is 0.419. The molecule has 0 aliphatic carbocycles. The van der Waals surface area contributed by atoms with Gasteiger partial charge < -0.3 is 24.1 Å². The van der Waals surface area contributed by atoms with Crippen LogP contribution in [0.5, 0.6) is 0 Å². The minimum atomic E-state index is -1.01. The van der Waals surface area contributed by atoms with Crippen molar-refractivity contribution in [3.05, 3.63) is 35.9 Å². The lowest BCUT2D eigenvalue weighted by Crippen LogP contribution is -2.55. The van der Waals surface area contributed by atoms with E-state index in [2.05, 4.69) is 0 Å². The minimum absolute atomic E-state index is 0.0537. The Morgan fingerprint density at radius 1 is 1.25 bits per heavy atom. The van der Waals surface area contributed by atoms with Gasteiger partial charge in [-0.2, -0.15) is 0 Å². The largest absolute Gasteiger partial charge is 0.453 e. The third-order valence-electron chi connectivity index (χ3n) is 3.18. The number of carbonyl (C=O) groups is 1. The van der Waals surface area contributed by atoms with E-state index < -0.39 is 30.6 Å². The second kappa shape index (κ2) is 6.81. The van der Waals surface area contributed by atoms with Gasteiger partial charge in [0.15, 0.2) is 12.4 Å². The zero-order valence-electron chi connectivity index (χ0n) is 11.4. The van der Waals surface area contributed by atoms with Gasteiger partial charge in [-0.1, -0.05) is 18.2 Å². The lowest BCUT2D eigenvalue weighted by Gasteiger charge is -2.37. The van der Waals surface area contributed by atoms with Crippen LogP contribution in [0.4, 0.5) is 0 Å². The number of hydrogen-bond donors (Lipinski definition) is 1. The number of methoxy groups -OCH3 is 2. The summed E-state index contributed by atoms with van der Waals surface area (Å²) in [4.78, 5) is 11.9. The molecule has 110 valence electrons. The van der Waals surface area contributed by atoms with Gasteiger partial charge in [-0.15, -0.1) is 0 Å². The summed E-state index contributed by atoms with van der Waals surface area (Å²) in [6, 6.07) is 8.57. The van der Waals surface area contributed by atoms with E-state index in [-0.39, 0.29) is 6.61 Å². The molecule has 0 unspecified atom stereocenters. The third-order valence-corrected chi connectivity index (χ3v) is 3.18. The van der Waals surface area contributed by atoms with Crippen LogP contribution in [-0.4, -0.2) is 56.5 Å². The number of esters is 1. The molecule has 0 bridgehead atoms.